The molecule has 5 heteroatoms. The zero-order valence-electron chi connectivity index (χ0n) is 10.8. The van der Waals surface area contributed by atoms with Crippen molar-refractivity contribution in [2.75, 3.05) is 0 Å². The van der Waals surface area contributed by atoms with Gasteiger partial charge in [0, 0.05) is 0 Å². The first-order chi connectivity index (χ1) is 7.32. The van der Waals surface area contributed by atoms with Gasteiger partial charge in [-0.2, -0.15) is 0 Å². The topological polar surface area (TPSA) is 46.1 Å². The van der Waals surface area contributed by atoms with Crippen LogP contribution in [0.25, 0.3) is 0 Å². The van der Waals surface area contributed by atoms with E-state index >= 15 is 0 Å². The second-order valence-electron chi connectivity index (χ2n) is 5.33. The summed E-state index contributed by atoms with van der Waals surface area (Å²) in [6, 6.07) is 7.95. The molecule has 0 radical (unpaired) electrons. The van der Waals surface area contributed by atoms with Crippen molar-refractivity contribution in [3.63, 3.8) is 0 Å². The SMILES string of the molecule is CC1(C)OB(c2ccc([NH3+])cc2)OC1(C)C.[Cl-]. The van der Waals surface area contributed by atoms with Gasteiger partial charge in [-0.15, -0.1) is 0 Å². The summed E-state index contributed by atoms with van der Waals surface area (Å²) in [6.45, 7) is 8.23. The molecule has 0 unspecified atom stereocenters. The molecule has 1 heterocycles. The van der Waals surface area contributed by atoms with Gasteiger partial charge in [0.05, 0.1) is 11.2 Å². The average molecular weight is 256 g/mol. The van der Waals surface area contributed by atoms with Crippen LogP contribution < -0.4 is 23.6 Å². The Bertz CT molecular complexity index is 376. The lowest BCUT2D eigenvalue weighted by atomic mass is 9.79. The van der Waals surface area contributed by atoms with Crippen LogP contribution in [0.4, 0.5) is 5.69 Å². The summed E-state index contributed by atoms with van der Waals surface area (Å²) in [7, 11) is -0.273. The van der Waals surface area contributed by atoms with Crippen LogP contribution in [-0.2, 0) is 9.31 Å². The molecule has 1 fully saturated rings. The maximum absolute atomic E-state index is 5.95. The fourth-order valence-corrected chi connectivity index (χ4v) is 1.65. The lowest BCUT2D eigenvalue weighted by Crippen LogP contribution is -3.00. The first-order valence-electron chi connectivity index (χ1n) is 5.59. The van der Waals surface area contributed by atoms with Crippen molar-refractivity contribution >= 4 is 18.3 Å². The van der Waals surface area contributed by atoms with Gasteiger partial charge in [-0.05, 0) is 45.3 Å². The predicted molar refractivity (Wildman–Crippen MR) is 64.7 cm³/mol. The molecule has 94 valence electrons. The molecular formula is C12H19BClNO2. The fourth-order valence-electron chi connectivity index (χ4n) is 1.65. The van der Waals surface area contributed by atoms with Gasteiger partial charge < -0.3 is 27.4 Å². The molecule has 1 aromatic rings. The van der Waals surface area contributed by atoms with E-state index < -0.39 is 0 Å². The molecule has 0 spiro atoms. The minimum Gasteiger partial charge on any atom is -1.00 e. The molecule has 1 aliphatic heterocycles. The lowest BCUT2D eigenvalue weighted by molar-refractivity contribution is -0.254. The smallest absolute Gasteiger partial charge is 0.494 e. The maximum atomic E-state index is 5.95. The average Bonchev–Trinajstić information content (AvgIpc) is 2.37. The maximum Gasteiger partial charge on any atom is 0.494 e. The van der Waals surface area contributed by atoms with E-state index in [1.165, 1.54) is 0 Å². The highest BCUT2D eigenvalue weighted by Gasteiger charge is 2.51. The van der Waals surface area contributed by atoms with Crippen molar-refractivity contribution in [1.82, 2.24) is 0 Å². The van der Waals surface area contributed by atoms with E-state index in [-0.39, 0.29) is 30.7 Å². The summed E-state index contributed by atoms with van der Waals surface area (Å²) >= 11 is 0. The van der Waals surface area contributed by atoms with Crippen LogP contribution in [0, 0.1) is 0 Å². The summed E-state index contributed by atoms with van der Waals surface area (Å²) in [4.78, 5) is 0. The van der Waals surface area contributed by atoms with E-state index in [1.54, 1.807) is 0 Å². The van der Waals surface area contributed by atoms with Gasteiger partial charge in [-0.25, -0.2) is 0 Å². The molecule has 0 aliphatic carbocycles. The fraction of sp³-hybridized carbons (Fsp3) is 0.500. The van der Waals surface area contributed by atoms with Gasteiger partial charge in [-0.1, -0.05) is 12.1 Å². The van der Waals surface area contributed by atoms with Crippen LogP contribution in [0.5, 0.6) is 0 Å². The van der Waals surface area contributed by atoms with Gasteiger partial charge in [0.15, 0.2) is 0 Å². The van der Waals surface area contributed by atoms with Crippen molar-refractivity contribution < 1.29 is 27.4 Å². The van der Waals surface area contributed by atoms with Gasteiger partial charge in [0.2, 0.25) is 0 Å². The highest BCUT2D eigenvalue weighted by Crippen LogP contribution is 2.36. The largest absolute Gasteiger partial charge is 1.00 e. The van der Waals surface area contributed by atoms with E-state index in [2.05, 4.69) is 33.4 Å². The molecule has 1 aliphatic rings. The third kappa shape index (κ3) is 2.66. The molecule has 0 saturated carbocycles. The molecule has 1 saturated heterocycles. The predicted octanol–water partition coefficient (Wildman–Crippen LogP) is -2.14. The Morgan fingerprint density at radius 2 is 1.35 bits per heavy atom. The quantitative estimate of drug-likeness (QED) is 0.583. The molecular weight excluding hydrogens is 236 g/mol. The highest BCUT2D eigenvalue weighted by molar-refractivity contribution is 6.62. The molecule has 17 heavy (non-hydrogen) atoms. The standard InChI is InChI=1S/C12H18BNO2.ClH/c1-11(2)12(3,4)16-13(15-11)9-5-7-10(14)8-6-9;/h5-8H,14H2,1-4H3;1H. The van der Waals surface area contributed by atoms with Gasteiger partial charge in [-0.3, -0.25) is 0 Å². The lowest BCUT2D eigenvalue weighted by Gasteiger charge is -2.32. The summed E-state index contributed by atoms with van der Waals surface area (Å²) in [5.74, 6) is 0. The number of hydrogen-bond donors (Lipinski definition) is 1. The summed E-state index contributed by atoms with van der Waals surface area (Å²) in [5.41, 5.74) is 5.36. The Hall–Kier alpha value is -0.545. The molecule has 2 rings (SSSR count). The number of rotatable bonds is 1. The zero-order chi connectivity index (χ0) is 12.0. The van der Waals surface area contributed by atoms with Crippen LogP contribution in [0.3, 0.4) is 0 Å². The Balaban J connectivity index is 0.00000144. The monoisotopic (exact) mass is 255 g/mol. The van der Waals surface area contributed by atoms with Crippen molar-refractivity contribution in [2.45, 2.75) is 38.9 Å². The molecule has 0 amide bonds. The Morgan fingerprint density at radius 3 is 1.76 bits per heavy atom. The van der Waals surface area contributed by atoms with Crippen LogP contribution in [0.1, 0.15) is 27.7 Å². The highest BCUT2D eigenvalue weighted by atomic mass is 35.5. The zero-order valence-corrected chi connectivity index (χ0v) is 11.5. The Labute approximate surface area is 109 Å². The van der Waals surface area contributed by atoms with Crippen molar-refractivity contribution in [1.29, 1.82) is 0 Å². The van der Waals surface area contributed by atoms with E-state index in [9.17, 15) is 0 Å². The third-order valence-electron chi connectivity index (χ3n) is 3.51. The molecule has 0 atom stereocenters. The number of hydrogen-bond acceptors (Lipinski definition) is 2. The number of benzene rings is 1. The minimum absolute atomic E-state index is 0. The number of halogens is 1. The molecule has 3 nitrogen and oxygen atoms in total. The molecule has 0 bridgehead atoms. The van der Waals surface area contributed by atoms with E-state index in [0.29, 0.717) is 0 Å². The van der Waals surface area contributed by atoms with Crippen LogP contribution in [0.2, 0.25) is 0 Å². The van der Waals surface area contributed by atoms with E-state index in [0.717, 1.165) is 11.2 Å². The Morgan fingerprint density at radius 1 is 0.941 bits per heavy atom. The van der Waals surface area contributed by atoms with Crippen LogP contribution >= 0.6 is 0 Å². The van der Waals surface area contributed by atoms with Crippen LogP contribution in [-0.4, -0.2) is 18.3 Å². The van der Waals surface area contributed by atoms with Gasteiger partial charge in [0.1, 0.15) is 5.69 Å². The third-order valence-corrected chi connectivity index (χ3v) is 3.51. The van der Waals surface area contributed by atoms with Crippen molar-refractivity contribution in [2.24, 2.45) is 0 Å². The summed E-state index contributed by atoms with van der Waals surface area (Å²) < 4.78 is 11.9. The van der Waals surface area contributed by atoms with Gasteiger partial charge >= 0.3 is 7.12 Å². The van der Waals surface area contributed by atoms with Crippen molar-refractivity contribution in [3.8, 4) is 0 Å². The van der Waals surface area contributed by atoms with Crippen LogP contribution in [0.15, 0.2) is 24.3 Å². The van der Waals surface area contributed by atoms with Gasteiger partial charge in [0.25, 0.3) is 0 Å². The second-order valence-corrected chi connectivity index (χ2v) is 5.33. The summed E-state index contributed by atoms with van der Waals surface area (Å²) in [6.07, 6.45) is 0. The Kier molecular flexibility index (Phi) is 3.94. The van der Waals surface area contributed by atoms with E-state index in [4.69, 9.17) is 9.31 Å². The molecule has 3 N–H and O–H groups in total. The molecule has 1 aromatic carbocycles. The second kappa shape index (κ2) is 4.61. The number of quaternary nitrogens is 1. The minimum atomic E-state index is -0.277. The van der Waals surface area contributed by atoms with E-state index in [1.807, 2.05) is 24.3 Å². The van der Waals surface area contributed by atoms with Crippen molar-refractivity contribution in [3.05, 3.63) is 24.3 Å². The summed E-state index contributed by atoms with van der Waals surface area (Å²) in [5, 5.41) is 0. The molecule has 0 aromatic heterocycles. The normalized spacial score (nSPS) is 21.1. The first-order valence-corrected chi connectivity index (χ1v) is 5.59. The first kappa shape index (κ1) is 14.5.